The van der Waals surface area contributed by atoms with Crippen LogP contribution in [0, 0.1) is 0 Å². The Morgan fingerprint density at radius 3 is 2.33 bits per heavy atom. The predicted octanol–water partition coefficient (Wildman–Crippen LogP) is 4.25. The van der Waals surface area contributed by atoms with Gasteiger partial charge >= 0.3 is 0 Å². The molecular formula is C26H34ClN3O3. The largest absolute Gasteiger partial charge is 0.490 e. The molecule has 178 valence electrons. The van der Waals surface area contributed by atoms with Crippen LogP contribution in [0.15, 0.2) is 41.4 Å². The average molecular weight is 472 g/mol. The third-order valence-corrected chi connectivity index (χ3v) is 6.26. The Morgan fingerprint density at radius 1 is 1.09 bits per heavy atom. The first-order valence-corrected chi connectivity index (χ1v) is 11.4. The summed E-state index contributed by atoms with van der Waals surface area (Å²) in [6.07, 6.45) is 1.03. The summed E-state index contributed by atoms with van der Waals surface area (Å²) >= 11 is 0. The van der Waals surface area contributed by atoms with Gasteiger partial charge in [0.1, 0.15) is 0 Å². The Labute approximate surface area is 203 Å². The molecule has 0 aromatic heterocycles. The van der Waals surface area contributed by atoms with Crippen LogP contribution >= 0.6 is 12.4 Å². The summed E-state index contributed by atoms with van der Waals surface area (Å²) in [6, 6.07) is 12.3. The maximum Gasteiger partial charge on any atom is 0.253 e. The minimum Gasteiger partial charge on any atom is -0.490 e. The van der Waals surface area contributed by atoms with Gasteiger partial charge in [0.05, 0.1) is 25.0 Å². The van der Waals surface area contributed by atoms with Crippen LogP contribution in [0.25, 0.3) is 0 Å². The van der Waals surface area contributed by atoms with Gasteiger partial charge in [0.15, 0.2) is 11.5 Å². The number of hydrogen-bond donors (Lipinski definition) is 0. The van der Waals surface area contributed by atoms with E-state index < -0.39 is 0 Å². The van der Waals surface area contributed by atoms with Gasteiger partial charge in [-0.1, -0.05) is 12.1 Å². The Morgan fingerprint density at radius 2 is 1.73 bits per heavy atom. The molecule has 2 aromatic carbocycles. The van der Waals surface area contributed by atoms with E-state index in [1.165, 1.54) is 5.56 Å². The van der Waals surface area contributed by atoms with Gasteiger partial charge in [-0.2, -0.15) is 0 Å². The summed E-state index contributed by atoms with van der Waals surface area (Å²) in [4.78, 5) is 21.5. The third-order valence-electron chi connectivity index (χ3n) is 6.26. The second-order valence-electron chi connectivity index (χ2n) is 8.73. The summed E-state index contributed by atoms with van der Waals surface area (Å²) in [6.45, 7) is 7.16. The molecule has 0 saturated carbocycles. The van der Waals surface area contributed by atoms with Crippen LogP contribution in [-0.4, -0.2) is 74.9 Å². The van der Waals surface area contributed by atoms with Gasteiger partial charge in [-0.05, 0) is 63.7 Å². The summed E-state index contributed by atoms with van der Waals surface area (Å²) < 4.78 is 11.9. The Bertz CT molecular complexity index is 1020. The van der Waals surface area contributed by atoms with Crippen LogP contribution in [0.1, 0.15) is 53.2 Å². The molecule has 2 heterocycles. The zero-order chi connectivity index (χ0) is 22.8. The minimum atomic E-state index is -0.00194. The number of halogens is 1. The molecule has 4 rings (SSSR count). The number of rotatable bonds is 6. The molecule has 33 heavy (non-hydrogen) atoms. The number of amides is 1. The van der Waals surface area contributed by atoms with Crippen LogP contribution in [-0.2, 0) is 0 Å². The fourth-order valence-electron chi connectivity index (χ4n) is 4.68. The van der Waals surface area contributed by atoms with Gasteiger partial charge in [-0.15, -0.1) is 12.4 Å². The Balaban J connectivity index is 0.00000306. The van der Waals surface area contributed by atoms with Crippen LogP contribution in [0.4, 0.5) is 0 Å². The van der Waals surface area contributed by atoms with Crippen LogP contribution in [0.5, 0.6) is 11.5 Å². The lowest BCUT2D eigenvalue weighted by atomic mass is 9.79. The average Bonchev–Trinajstić information content (AvgIpc) is 2.79. The highest BCUT2D eigenvalue weighted by Gasteiger charge is 2.36. The van der Waals surface area contributed by atoms with Crippen molar-refractivity contribution in [3.63, 3.8) is 0 Å². The van der Waals surface area contributed by atoms with Crippen molar-refractivity contribution >= 4 is 24.0 Å². The van der Waals surface area contributed by atoms with Crippen molar-refractivity contribution in [3.05, 3.63) is 58.7 Å². The fourth-order valence-corrected chi connectivity index (χ4v) is 4.68. The van der Waals surface area contributed by atoms with Crippen molar-refractivity contribution in [1.29, 1.82) is 0 Å². The molecule has 0 bridgehead atoms. The van der Waals surface area contributed by atoms with Crippen molar-refractivity contribution in [2.24, 2.45) is 4.99 Å². The topological polar surface area (TPSA) is 54.4 Å². The number of carbonyl (C=O) groups excluding carboxylic acids is 1. The number of aliphatic imine (C=N–C) groups is 1. The van der Waals surface area contributed by atoms with E-state index in [4.69, 9.17) is 14.5 Å². The van der Waals surface area contributed by atoms with E-state index in [1.54, 1.807) is 19.0 Å². The molecule has 1 saturated heterocycles. The summed E-state index contributed by atoms with van der Waals surface area (Å²) in [5.74, 6) is 1.88. The molecule has 1 fully saturated rings. The van der Waals surface area contributed by atoms with E-state index in [2.05, 4.69) is 24.1 Å². The quantitative estimate of drug-likeness (QED) is 0.632. The standard InChI is InChI=1S/C26H33N3O3.ClH/c1-6-31-23-14-19-20(15-24(23)32-7-2)25(27-22-12-13-29(5)16-21(19)22)17-8-10-18(11-9-17)26(30)28(3)4;/h8-11,14-15,21-22H,6-7,12-13,16H2,1-5H3;1H/t21-,22-;/m1./s1. The number of likely N-dealkylation sites (tertiary alicyclic amines) is 1. The van der Waals surface area contributed by atoms with E-state index in [9.17, 15) is 4.79 Å². The third kappa shape index (κ3) is 5.02. The lowest BCUT2D eigenvalue weighted by Crippen LogP contribution is -2.41. The van der Waals surface area contributed by atoms with Crippen LogP contribution in [0.2, 0.25) is 0 Å². The molecule has 2 aliphatic rings. The number of hydrogen-bond acceptors (Lipinski definition) is 5. The lowest BCUT2D eigenvalue weighted by molar-refractivity contribution is 0.0827. The van der Waals surface area contributed by atoms with E-state index in [0.29, 0.717) is 24.7 Å². The number of benzene rings is 2. The molecule has 6 nitrogen and oxygen atoms in total. The second kappa shape index (κ2) is 10.6. The fraction of sp³-hybridized carbons (Fsp3) is 0.462. The highest BCUT2D eigenvalue weighted by atomic mass is 35.5. The van der Waals surface area contributed by atoms with Crippen molar-refractivity contribution in [3.8, 4) is 11.5 Å². The normalized spacial score (nSPS) is 19.5. The van der Waals surface area contributed by atoms with E-state index in [1.807, 2.05) is 38.1 Å². The summed E-state index contributed by atoms with van der Waals surface area (Å²) in [5, 5.41) is 0. The molecule has 0 radical (unpaired) electrons. The van der Waals surface area contributed by atoms with Gasteiger partial charge in [0.25, 0.3) is 5.91 Å². The first-order chi connectivity index (χ1) is 15.4. The zero-order valence-electron chi connectivity index (χ0n) is 20.1. The van der Waals surface area contributed by atoms with Crippen molar-refractivity contribution in [2.75, 3.05) is 47.4 Å². The highest BCUT2D eigenvalue weighted by molar-refractivity contribution is 6.15. The lowest BCUT2D eigenvalue weighted by Gasteiger charge is -2.39. The van der Waals surface area contributed by atoms with Crippen molar-refractivity contribution < 1.29 is 14.3 Å². The molecule has 0 unspecified atom stereocenters. The van der Waals surface area contributed by atoms with Crippen LogP contribution < -0.4 is 9.47 Å². The maximum atomic E-state index is 12.3. The molecule has 2 aliphatic heterocycles. The Hall–Kier alpha value is -2.57. The number of fused-ring (bicyclic) bond motifs is 3. The number of likely N-dealkylation sites (N-methyl/N-ethyl adjacent to an activating group) is 1. The monoisotopic (exact) mass is 471 g/mol. The summed E-state index contributed by atoms with van der Waals surface area (Å²) in [5.41, 5.74) is 5.03. The second-order valence-corrected chi connectivity index (χ2v) is 8.73. The highest BCUT2D eigenvalue weighted by Crippen LogP contribution is 2.42. The van der Waals surface area contributed by atoms with Gasteiger partial charge in [0.2, 0.25) is 0 Å². The molecule has 0 N–H and O–H groups in total. The van der Waals surface area contributed by atoms with Gasteiger partial charge in [0, 0.05) is 43.2 Å². The summed E-state index contributed by atoms with van der Waals surface area (Å²) in [7, 11) is 5.71. The van der Waals surface area contributed by atoms with Crippen molar-refractivity contribution in [2.45, 2.75) is 32.2 Å². The SMILES string of the molecule is CCOc1cc2c(cc1OCC)[C@H]1CN(C)CC[C@H]1N=C2c1ccc(C(=O)N(C)C)cc1.Cl. The van der Waals surface area contributed by atoms with Gasteiger partial charge in [-0.3, -0.25) is 9.79 Å². The predicted molar refractivity (Wildman–Crippen MR) is 135 cm³/mol. The molecule has 7 heteroatoms. The number of ether oxygens (including phenoxy) is 2. The molecule has 2 aromatic rings. The molecule has 2 atom stereocenters. The number of piperidine rings is 1. The maximum absolute atomic E-state index is 12.3. The first kappa shape index (κ1) is 25.1. The minimum absolute atomic E-state index is 0. The van der Waals surface area contributed by atoms with E-state index >= 15 is 0 Å². The van der Waals surface area contributed by atoms with E-state index in [0.717, 1.165) is 47.8 Å². The zero-order valence-corrected chi connectivity index (χ0v) is 20.9. The molecule has 0 aliphatic carbocycles. The van der Waals surface area contributed by atoms with E-state index in [-0.39, 0.29) is 24.4 Å². The van der Waals surface area contributed by atoms with Gasteiger partial charge < -0.3 is 19.3 Å². The van der Waals surface area contributed by atoms with Crippen LogP contribution in [0.3, 0.4) is 0 Å². The smallest absolute Gasteiger partial charge is 0.253 e. The first-order valence-electron chi connectivity index (χ1n) is 11.4. The molecule has 0 spiro atoms. The molecular weight excluding hydrogens is 438 g/mol. The van der Waals surface area contributed by atoms with Crippen molar-refractivity contribution in [1.82, 2.24) is 9.80 Å². The number of nitrogens with zero attached hydrogens (tertiary/aromatic N) is 3. The van der Waals surface area contributed by atoms with Gasteiger partial charge in [-0.25, -0.2) is 0 Å². The molecule has 1 amide bonds. The Kier molecular flexibility index (Phi) is 8.03. The number of carbonyl (C=O) groups is 1.